The molecule has 10 heteroatoms. The minimum atomic E-state index is -4.55. The van der Waals surface area contributed by atoms with Gasteiger partial charge in [-0.05, 0) is 42.0 Å². The number of aromatic nitrogens is 2. The molecule has 0 unspecified atom stereocenters. The van der Waals surface area contributed by atoms with Crippen molar-refractivity contribution in [2.45, 2.75) is 19.1 Å². The van der Waals surface area contributed by atoms with Gasteiger partial charge in [-0.1, -0.05) is 41.6 Å². The molecule has 0 N–H and O–H groups in total. The van der Waals surface area contributed by atoms with E-state index in [1.807, 2.05) is 30.3 Å². The molecule has 0 atom stereocenters. The highest BCUT2D eigenvalue weighted by Crippen LogP contribution is 2.32. The van der Waals surface area contributed by atoms with E-state index in [1.165, 1.54) is 31.3 Å². The van der Waals surface area contributed by atoms with E-state index >= 15 is 0 Å². The molecule has 1 aromatic heterocycles. The number of alkyl halides is 3. The number of halogens is 3. The van der Waals surface area contributed by atoms with E-state index in [0.29, 0.717) is 22.9 Å². The molecule has 0 fully saturated rings. The average Bonchev–Trinajstić information content (AvgIpc) is 3.39. The molecule has 0 aliphatic carbocycles. The number of hydrogen-bond acceptors (Lipinski definition) is 6. The van der Waals surface area contributed by atoms with Gasteiger partial charge >= 0.3 is 6.18 Å². The summed E-state index contributed by atoms with van der Waals surface area (Å²) in [6.45, 7) is 0.351. The van der Waals surface area contributed by atoms with Crippen LogP contribution in [0.1, 0.15) is 27.4 Å². The summed E-state index contributed by atoms with van der Waals surface area (Å²) in [6, 6.07) is 18.8. The Hall–Kier alpha value is -4.34. The van der Waals surface area contributed by atoms with E-state index in [2.05, 4.69) is 10.1 Å². The van der Waals surface area contributed by atoms with Gasteiger partial charge in [-0.15, -0.1) is 0 Å². The largest absolute Gasteiger partial charge is 0.493 e. The van der Waals surface area contributed by atoms with E-state index < -0.39 is 17.6 Å². The number of methoxy groups -OCH3 is 2. The molecule has 7 nitrogen and oxygen atoms in total. The predicted octanol–water partition coefficient (Wildman–Crippen LogP) is 5.66. The Morgan fingerprint density at radius 3 is 2.41 bits per heavy atom. The maximum absolute atomic E-state index is 13.3. The number of amides is 1. The fourth-order valence-corrected chi connectivity index (χ4v) is 3.75. The molecular formula is C27H24F3N3O4. The molecule has 4 rings (SSSR count). The van der Waals surface area contributed by atoms with Gasteiger partial charge in [0, 0.05) is 30.6 Å². The minimum absolute atomic E-state index is 0.0534. The second-order valence-electron chi connectivity index (χ2n) is 8.12. The number of benzene rings is 3. The molecule has 192 valence electrons. The number of carbonyl (C=O) groups excluding carboxylic acids is 1. The van der Waals surface area contributed by atoms with Crippen molar-refractivity contribution < 1.29 is 32.0 Å². The molecule has 1 amide bonds. The Labute approximate surface area is 211 Å². The first-order valence-electron chi connectivity index (χ1n) is 11.3. The molecule has 0 saturated carbocycles. The van der Waals surface area contributed by atoms with Gasteiger partial charge in [-0.3, -0.25) is 4.79 Å². The van der Waals surface area contributed by atoms with E-state index in [-0.39, 0.29) is 31.0 Å². The molecule has 0 bridgehead atoms. The summed E-state index contributed by atoms with van der Waals surface area (Å²) in [7, 11) is 3.05. The van der Waals surface area contributed by atoms with Gasteiger partial charge in [0.05, 0.1) is 19.8 Å². The zero-order valence-electron chi connectivity index (χ0n) is 20.2. The van der Waals surface area contributed by atoms with Gasteiger partial charge in [0.15, 0.2) is 11.5 Å². The highest BCUT2D eigenvalue weighted by molar-refractivity contribution is 5.94. The molecule has 37 heavy (non-hydrogen) atoms. The maximum atomic E-state index is 13.3. The number of nitrogens with zero attached hydrogens (tertiary/aromatic N) is 3. The lowest BCUT2D eigenvalue weighted by Crippen LogP contribution is -2.32. The van der Waals surface area contributed by atoms with Crippen LogP contribution in [0.5, 0.6) is 11.5 Å². The monoisotopic (exact) mass is 511 g/mol. The normalized spacial score (nSPS) is 11.3. The van der Waals surface area contributed by atoms with Crippen molar-refractivity contribution in [3.63, 3.8) is 0 Å². The molecule has 4 aromatic rings. The summed E-state index contributed by atoms with van der Waals surface area (Å²) in [4.78, 5) is 19.1. The highest BCUT2D eigenvalue weighted by atomic mass is 19.4. The lowest BCUT2D eigenvalue weighted by Gasteiger charge is -2.23. The Morgan fingerprint density at radius 1 is 0.946 bits per heavy atom. The van der Waals surface area contributed by atoms with Crippen molar-refractivity contribution in [2.24, 2.45) is 0 Å². The summed E-state index contributed by atoms with van der Waals surface area (Å²) in [5.74, 6) is 1.13. The first kappa shape index (κ1) is 25.7. The van der Waals surface area contributed by atoms with E-state index in [1.54, 1.807) is 18.2 Å². The summed E-state index contributed by atoms with van der Waals surface area (Å²) < 4.78 is 55.6. The van der Waals surface area contributed by atoms with Crippen LogP contribution in [0.4, 0.5) is 13.2 Å². The zero-order chi connectivity index (χ0) is 26.4. The van der Waals surface area contributed by atoms with Gasteiger partial charge in [-0.25, -0.2) is 0 Å². The van der Waals surface area contributed by atoms with Gasteiger partial charge in [0.1, 0.15) is 0 Å². The van der Waals surface area contributed by atoms with Gasteiger partial charge in [-0.2, -0.15) is 18.2 Å². The van der Waals surface area contributed by atoms with Gasteiger partial charge in [0.25, 0.3) is 5.91 Å². The fourth-order valence-electron chi connectivity index (χ4n) is 3.75. The third-order valence-electron chi connectivity index (χ3n) is 5.65. The standard InChI is InChI=1S/C27H24F3N3O4/c1-35-22-12-11-19(16-23(22)36-2)25-31-24(37-32-25)13-14-33(17-18-7-4-3-5-8-18)26(34)20-9-6-10-21(15-20)27(28,29)30/h3-12,15-16H,13-14,17H2,1-2H3. The lowest BCUT2D eigenvalue weighted by atomic mass is 10.1. The van der Waals surface area contributed by atoms with Gasteiger partial charge in [0.2, 0.25) is 11.7 Å². The third kappa shape index (κ3) is 6.27. The van der Waals surface area contributed by atoms with Crippen molar-refractivity contribution in [1.29, 1.82) is 0 Å². The van der Waals surface area contributed by atoms with Crippen LogP contribution in [0, 0.1) is 0 Å². The number of carbonyl (C=O) groups is 1. The SMILES string of the molecule is COc1ccc(-c2noc(CCN(Cc3ccccc3)C(=O)c3cccc(C(F)(F)F)c3)n2)cc1OC. The van der Waals surface area contributed by atoms with Crippen LogP contribution in [0.15, 0.2) is 77.3 Å². The lowest BCUT2D eigenvalue weighted by molar-refractivity contribution is -0.137. The number of rotatable bonds is 9. The van der Waals surface area contributed by atoms with Crippen molar-refractivity contribution in [3.8, 4) is 22.9 Å². The molecule has 1 heterocycles. The Kier molecular flexibility index (Phi) is 7.76. The van der Waals surface area contributed by atoms with Crippen LogP contribution < -0.4 is 9.47 Å². The van der Waals surface area contributed by atoms with Crippen LogP contribution >= 0.6 is 0 Å². The molecule has 0 radical (unpaired) electrons. The van der Waals surface area contributed by atoms with Crippen LogP contribution in [0.25, 0.3) is 11.4 Å². The van der Waals surface area contributed by atoms with Crippen LogP contribution in [-0.4, -0.2) is 41.7 Å². The van der Waals surface area contributed by atoms with E-state index in [4.69, 9.17) is 14.0 Å². The summed E-state index contributed by atoms with van der Waals surface area (Å²) in [5, 5.41) is 4.01. The van der Waals surface area contributed by atoms with Crippen LogP contribution in [0.3, 0.4) is 0 Å². The van der Waals surface area contributed by atoms with E-state index in [0.717, 1.165) is 17.7 Å². The Bertz CT molecular complexity index is 1360. The Morgan fingerprint density at radius 2 is 1.70 bits per heavy atom. The maximum Gasteiger partial charge on any atom is 0.416 e. The molecule has 0 saturated heterocycles. The summed E-state index contributed by atoms with van der Waals surface area (Å²) in [5.41, 5.74) is 0.546. The topological polar surface area (TPSA) is 77.7 Å². The van der Waals surface area contributed by atoms with Gasteiger partial charge < -0.3 is 18.9 Å². The van der Waals surface area contributed by atoms with Crippen molar-refractivity contribution >= 4 is 5.91 Å². The zero-order valence-corrected chi connectivity index (χ0v) is 20.2. The number of ether oxygens (including phenoxy) is 2. The Balaban J connectivity index is 1.54. The highest BCUT2D eigenvalue weighted by Gasteiger charge is 2.31. The fraction of sp³-hybridized carbons (Fsp3) is 0.222. The van der Waals surface area contributed by atoms with Crippen LogP contribution in [0.2, 0.25) is 0 Å². The quantitative estimate of drug-likeness (QED) is 0.289. The first-order valence-corrected chi connectivity index (χ1v) is 11.3. The average molecular weight is 512 g/mol. The third-order valence-corrected chi connectivity index (χ3v) is 5.65. The predicted molar refractivity (Wildman–Crippen MR) is 129 cm³/mol. The molecule has 0 aliphatic rings. The van der Waals surface area contributed by atoms with Crippen molar-refractivity contribution in [1.82, 2.24) is 15.0 Å². The number of hydrogen-bond donors (Lipinski definition) is 0. The molecular weight excluding hydrogens is 487 g/mol. The smallest absolute Gasteiger partial charge is 0.416 e. The minimum Gasteiger partial charge on any atom is -0.493 e. The second kappa shape index (κ2) is 11.2. The molecule has 3 aromatic carbocycles. The van der Waals surface area contributed by atoms with Crippen molar-refractivity contribution in [2.75, 3.05) is 20.8 Å². The second-order valence-corrected chi connectivity index (χ2v) is 8.12. The van der Waals surface area contributed by atoms with E-state index in [9.17, 15) is 18.0 Å². The van der Waals surface area contributed by atoms with Crippen molar-refractivity contribution in [3.05, 3.63) is 95.4 Å². The molecule has 0 spiro atoms. The summed E-state index contributed by atoms with van der Waals surface area (Å²) in [6.07, 6.45) is -4.34. The first-order chi connectivity index (χ1) is 17.8. The van der Waals surface area contributed by atoms with Crippen LogP contribution in [-0.2, 0) is 19.1 Å². The molecule has 0 aliphatic heterocycles. The summed E-state index contributed by atoms with van der Waals surface area (Å²) >= 11 is 0.